The number of benzene rings is 1. The van der Waals surface area contributed by atoms with Gasteiger partial charge in [0.05, 0.1) is 12.1 Å². The largest absolute Gasteiger partial charge is 0.406 e. The quantitative estimate of drug-likeness (QED) is 0.844. The van der Waals surface area contributed by atoms with Gasteiger partial charge in [-0.3, -0.25) is 4.79 Å². The number of alkyl halides is 3. The first-order chi connectivity index (χ1) is 9.24. The van der Waals surface area contributed by atoms with E-state index in [1.807, 2.05) is 0 Å². The normalized spacial score (nSPS) is 10.7. The fraction of sp³-hybridized carbons (Fsp3) is 0.357. The number of carbonyl (C=O) groups excluding carboxylic acids is 1. The third kappa shape index (κ3) is 4.59. The molecule has 20 heavy (non-hydrogen) atoms. The predicted octanol–water partition coefficient (Wildman–Crippen LogP) is 1.94. The van der Waals surface area contributed by atoms with Crippen molar-refractivity contribution in [3.05, 3.63) is 34.9 Å². The lowest BCUT2D eigenvalue weighted by atomic mass is 10.0. The lowest BCUT2D eigenvalue weighted by Gasteiger charge is -2.19. The van der Waals surface area contributed by atoms with Crippen molar-refractivity contribution in [2.45, 2.75) is 13.1 Å². The fourth-order valence-corrected chi connectivity index (χ4v) is 1.64. The molecule has 0 aliphatic carbocycles. The summed E-state index contributed by atoms with van der Waals surface area (Å²) in [7, 11) is 1.11. The standard InChI is InChI=1S/C14H15F3N2O/c1-10-5-6-12(11(8-10)4-3-7-18)13(20)19(2)9-14(15,16)17/h5-6,8H,7,9,18H2,1-2H3. The van der Waals surface area contributed by atoms with E-state index < -0.39 is 18.6 Å². The average molecular weight is 284 g/mol. The molecule has 1 aromatic carbocycles. The minimum atomic E-state index is -4.43. The van der Waals surface area contributed by atoms with E-state index in [4.69, 9.17) is 5.73 Å². The van der Waals surface area contributed by atoms with E-state index in [1.165, 1.54) is 6.07 Å². The summed E-state index contributed by atoms with van der Waals surface area (Å²) in [4.78, 5) is 12.7. The molecule has 0 heterocycles. The van der Waals surface area contributed by atoms with Gasteiger partial charge >= 0.3 is 6.18 Å². The van der Waals surface area contributed by atoms with E-state index in [2.05, 4.69) is 11.8 Å². The van der Waals surface area contributed by atoms with Crippen LogP contribution in [0.25, 0.3) is 0 Å². The van der Waals surface area contributed by atoms with Crippen molar-refractivity contribution in [1.29, 1.82) is 0 Å². The number of nitrogens with zero attached hydrogens (tertiary/aromatic N) is 1. The maximum atomic E-state index is 12.3. The first kappa shape index (κ1) is 16.1. The molecule has 0 atom stereocenters. The maximum Gasteiger partial charge on any atom is 0.406 e. The zero-order chi connectivity index (χ0) is 15.3. The van der Waals surface area contributed by atoms with Gasteiger partial charge in [0.25, 0.3) is 5.91 Å². The molecule has 0 radical (unpaired) electrons. The lowest BCUT2D eigenvalue weighted by Crippen LogP contribution is -2.36. The van der Waals surface area contributed by atoms with Crippen LogP contribution < -0.4 is 5.73 Å². The number of hydrogen-bond acceptors (Lipinski definition) is 2. The summed E-state index contributed by atoms with van der Waals surface area (Å²) in [6.45, 7) is 0.616. The Balaban J connectivity index is 3.09. The van der Waals surface area contributed by atoms with Crippen LogP contribution in [0.2, 0.25) is 0 Å². The zero-order valence-corrected chi connectivity index (χ0v) is 11.2. The molecule has 0 aliphatic rings. The second-order valence-electron chi connectivity index (χ2n) is 4.33. The highest BCUT2D eigenvalue weighted by atomic mass is 19.4. The van der Waals surface area contributed by atoms with Crippen LogP contribution in [0.1, 0.15) is 21.5 Å². The molecule has 1 aromatic rings. The van der Waals surface area contributed by atoms with Crippen LogP contribution in [0.3, 0.4) is 0 Å². The number of nitrogens with two attached hydrogens (primary N) is 1. The van der Waals surface area contributed by atoms with Gasteiger partial charge in [0.1, 0.15) is 6.54 Å². The highest BCUT2D eigenvalue weighted by molar-refractivity contribution is 5.96. The summed E-state index contributed by atoms with van der Waals surface area (Å²) >= 11 is 0. The summed E-state index contributed by atoms with van der Waals surface area (Å²) < 4.78 is 36.9. The van der Waals surface area contributed by atoms with Gasteiger partial charge in [-0.2, -0.15) is 13.2 Å². The van der Waals surface area contributed by atoms with E-state index in [0.29, 0.717) is 10.5 Å². The molecular formula is C14H15F3N2O. The number of carbonyl (C=O) groups is 1. The predicted molar refractivity (Wildman–Crippen MR) is 70.1 cm³/mol. The van der Waals surface area contributed by atoms with Crippen LogP contribution in [-0.2, 0) is 0 Å². The van der Waals surface area contributed by atoms with E-state index >= 15 is 0 Å². The minimum absolute atomic E-state index is 0.111. The van der Waals surface area contributed by atoms with Crippen molar-refractivity contribution in [1.82, 2.24) is 4.90 Å². The van der Waals surface area contributed by atoms with Crippen molar-refractivity contribution < 1.29 is 18.0 Å². The molecule has 6 heteroatoms. The summed E-state index contributed by atoms with van der Waals surface area (Å²) in [6, 6.07) is 4.78. The van der Waals surface area contributed by atoms with Crippen LogP contribution >= 0.6 is 0 Å². The number of amides is 1. The zero-order valence-electron chi connectivity index (χ0n) is 11.2. The van der Waals surface area contributed by atoms with Gasteiger partial charge in [0.2, 0.25) is 0 Å². The number of aryl methyl sites for hydroxylation is 1. The van der Waals surface area contributed by atoms with E-state index in [9.17, 15) is 18.0 Å². The van der Waals surface area contributed by atoms with Crippen LogP contribution in [0.15, 0.2) is 18.2 Å². The summed E-state index contributed by atoms with van der Waals surface area (Å²) in [6.07, 6.45) is -4.43. The highest BCUT2D eigenvalue weighted by Gasteiger charge is 2.31. The smallest absolute Gasteiger partial charge is 0.333 e. The molecule has 1 amide bonds. The number of hydrogen-bond donors (Lipinski definition) is 1. The molecule has 0 aliphatic heterocycles. The van der Waals surface area contributed by atoms with Gasteiger partial charge in [-0.25, -0.2) is 0 Å². The Kier molecular flexibility index (Phi) is 5.17. The van der Waals surface area contributed by atoms with E-state index in [-0.39, 0.29) is 12.1 Å². The molecule has 0 fully saturated rings. The van der Waals surface area contributed by atoms with Gasteiger partial charge in [0.15, 0.2) is 0 Å². The Bertz CT molecular complexity index is 556. The Hall–Kier alpha value is -2.00. The van der Waals surface area contributed by atoms with Crippen LogP contribution in [0, 0.1) is 18.8 Å². The van der Waals surface area contributed by atoms with Crippen molar-refractivity contribution in [2.75, 3.05) is 20.1 Å². The molecule has 0 spiro atoms. The molecule has 0 aromatic heterocycles. The average Bonchev–Trinajstić information content (AvgIpc) is 2.33. The SMILES string of the molecule is Cc1ccc(C(=O)N(C)CC(F)(F)F)c(C#CCN)c1. The van der Waals surface area contributed by atoms with Gasteiger partial charge in [-0.15, -0.1) is 0 Å². The molecule has 0 unspecified atom stereocenters. The second-order valence-corrected chi connectivity index (χ2v) is 4.33. The molecule has 0 saturated carbocycles. The number of halogens is 3. The molecule has 3 nitrogen and oxygen atoms in total. The van der Waals surface area contributed by atoms with Gasteiger partial charge in [-0.05, 0) is 24.6 Å². The van der Waals surface area contributed by atoms with Crippen LogP contribution in [0.4, 0.5) is 13.2 Å². The lowest BCUT2D eigenvalue weighted by molar-refractivity contribution is -0.138. The third-order valence-corrected chi connectivity index (χ3v) is 2.49. The molecule has 2 N–H and O–H groups in total. The molecule has 0 bridgehead atoms. The monoisotopic (exact) mass is 284 g/mol. The Morgan fingerprint density at radius 1 is 1.40 bits per heavy atom. The van der Waals surface area contributed by atoms with Crippen molar-refractivity contribution in [3.8, 4) is 11.8 Å². The highest BCUT2D eigenvalue weighted by Crippen LogP contribution is 2.18. The summed E-state index contributed by atoms with van der Waals surface area (Å²) in [5.74, 6) is 4.59. The van der Waals surface area contributed by atoms with Crippen molar-refractivity contribution >= 4 is 5.91 Å². The molecule has 1 rings (SSSR count). The topological polar surface area (TPSA) is 46.3 Å². The third-order valence-electron chi connectivity index (χ3n) is 2.49. The Labute approximate surface area is 115 Å². The summed E-state index contributed by atoms with van der Waals surface area (Å²) in [5, 5.41) is 0. The Morgan fingerprint density at radius 3 is 2.60 bits per heavy atom. The van der Waals surface area contributed by atoms with E-state index in [1.54, 1.807) is 19.1 Å². The molecular weight excluding hydrogens is 269 g/mol. The van der Waals surface area contributed by atoms with Crippen LogP contribution in [0.5, 0.6) is 0 Å². The maximum absolute atomic E-state index is 12.3. The molecule has 0 saturated heterocycles. The van der Waals surface area contributed by atoms with Gasteiger partial charge in [0, 0.05) is 12.6 Å². The molecule has 108 valence electrons. The second kappa shape index (κ2) is 6.44. The van der Waals surface area contributed by atoms with E-state index in [0.717, 1.165) is 12.6 Å². The van der Waals surface area contributed by atoms with Crippen LogP contribution in [-0.4, -0.2) is 37.1 Å². The first-order valence-electron chi connectivity index (χ1n) is 5.86. The minimum Gasteiger partial charge on any atom is -0.333 e. The van der Waals surface area contributed by atoms with Gasteiger partial charge in [-0.1, -0.05) is 17.9 Å². The summed E-state index contributed by atoms with van der Waals surface area (Å²) in [5.41, 5.74) is 6.65. The first-order valence-corrected chi connectivity index (χ1v) is 5.86. The van der Waals surface area contributed by atoms with Crippen molar-refractivity contribution in [2.24, 2.45) is 5.73 Å². The fourth-order valence-electron chi connectivity index (χ4n) is 1.64. The Morgan fingerprint density at radius 2 is 2.05 bits per heavy atom. The number of rotatable bonds is 2. The van der Waals surface area contributed by atoms with Crippen molar-refractivity contribution in [3.63, 3.8) is 0 Å². The van der Waals surface area contributed by atoms with Gasteiger partial charge < -0.3 is 10.6 Å².